The van der Waals surface area contributed by atoms with E-state index in [0.717, 1.165) is 12.8 Å². The third-order valence-corrected chi connectivity index (χ3v) is 3.14. The molecular weight excluding hydrogens is 234 g/mol. The highest BCUT2D eigenvalue weighted by Gasteiger charge is 2.32. The van der Waals surface area contributed by atoms with E-state index < -0.39 is 17.9 Å². The summed E-state index contributed by atoms with van der Waals surface area (Å²) in [6.07, 6.45) is 3.12. The molecule has 0 spiro atoms. The lowest BCUT2D eigenvalue weighted by Crippen LogP contribution is -2.43. The largest absolute Gasteiger partial charge is 0.464 e. The third-order valence-electron chi connectivity index (χ3n) is 3.14. The van der Waals surface area contributed by atoms with Gasteiger partial charge in [0.05, 0.1) is 12.5 Å². The molecule has 5 nitrogen and oxygen atoms in total. The SMILES string of the molecule is CCCCC(=O)C(CC)C(=O)NC1CCOC1=O. The van der Waals surface area contributed by atoms with Crippen LogP contribution in [0.3, 0.4) is 0 Å². The van der Waals surface area contributed by atoms with Crippen molar-refractivity contribution in [3.63, 3.8) is 0 Å². The Kier molecular flexibility index (Phi) is 5.82. The minimum Gasteiger partial charge on any atom is -0.464 e. The highest BCUT2D eigenvalue weighted by Crippen LogP contribution is 2.12. The first kappa shape index (κ1) is 14.7. The van der Waals surface area contributed by atoms with Gasteiger partial charge in [-0.15, -0.1) is 0 Å². The van der Waals surface area contributed by atoms with Crippen molar-refractivity contribution in [2.75, 3.05) is 6.61 Å². The number of hydrogen-bond donors (Lipinski definition) is 1. The van der Waals surface area contributed by atoms with E-state index in [9.17, 15) is 14.4 Å². The van der Waals surface area contributed by atoms with Gasteiger partial charge in [0.15, 0.2) is 0 Å². The van der Waals surface area contributed by atoms with Gasteiger partial charge in [0.25, 0.3) is 0 Å². The van der Waals surface area contributed by atoms with Gasteiger partial charge in [-0.2, -0.15) is 0 Å². The molecule has 1 rings (SSSR count). The minimum absolute atomic E-state index is 0.0387. The Labute approximate surface area is 107 Å². The average Bonchev–Trinajstić information content (AvgIpc) is 2.73. The molecular formula is C13H21NO4. The average molecular weight is 255 g/mol. The van der Waals surface area contributed by atoms with Crippen molar-refractivity contribution in [1.29, 1.82) is 0 Å². The van der Waals surface area contributed by atoms with E-state index in [0.29, 0.717) is 25.9 Å². The van der Waals surface area contributed by atoms with Gasteiger partial charge in [0.1, 0.15) is 11.8 Å². The van der Waals surface area contributed by atoms with Crippen molar-refractivity contribution >= 4 is 17.7 Å². The van der Waals surface area contributed by atoms with Gasteiger partial charge >= 0.3 is 5.97 Å². The van der Waals surface area contributed by atoms with Crippen LogP contribution in [-0.2, 0) is 19.1 Å². The van der Waals surface area contributed by atoms with Gasteiger partial charge in [-0.25, -0.2) is 4.79 Å². The number of cyclic esters (lactones) is 1. The van der Waals surface area contributed by atoms with E-state index in [4.69, 9.17) is 4.74 Å². The van der Waals surface area contributed by atoms with E-state index in [1.807, 2.05) is 6.92 Å². The topological polar surface area (TPSA) is 72.5 Å². The number of unbranched alkanes of at least 4 members (excludes halogenated alkanes) is 1. The number of hydrogen-bond acceptors (Lipinski definition) is 4. The molecule has 0 aliphatic carbocycles. The van der Waals surface area contributed by atoms with Gasteiger partial charge in [-0.3, -0.25) is 9.59 Å². The Morgan fingerprint density at radius 1 is 1.44 bits per heavy atom. The lowest BCUT2D eigenvalue weighted by molar-refractivity contribution is -0.143. The molecule has 1 aliphatic heterocycles. The molecule has 1 amide bonds. The minimum atomic E-state index is -0.634. The van der Waals surface area contributed by atoms with E-state index in [1.54, 1.807) is 6.92 Å². The maximum atomic E-state index is 11.9. The summed E-state index contributed by atoms with van der Waals surface area (Å²) < 4.78 is 4.77. The number of ketones is 1. The summed E-state index contributed by atoms with van der Waals surface area (Å²) >= 11 is 0. The Hall–Kier alpha value is -1.39. The second-order valence-corrected chi connectivity index (χ2v) is 4.55. The Morgan fingerprint density at radius 2 is 2.17 bits per heavy atom. The zero-order chi connectivity index (χ0) is 13.5. The maximum Gasteiger partial charge on any atom is 0.328 e. The lowest BCUT2D eigenvalue weighted by atomic mass is 9.95. The van der Waals surface area contributed by atoms with Crippen LogP contribution in [0.5, 0.6) is 0 Å². The van der Waals surface area contributed by atoms with Crippen molar-refractivity contribution in [2.24, 2.45) is 5.92 Å². The zero-order valence-electron chi connectivity index (χ0n) is 11.0. The predicted octanol–water partition coefficient (Wildman–Crippen LogP) is 1.20. The normalized spacial score (nSPS) is 20.3. The number of amides is 1. The van der Waals surface area contributed by atoms with Crippen molar-refractivity contribution < 1.29 is 19.1 Å². The number of ether oxygens (including phenoxy) is 1. The Balaban J connectivity index is 2.51. The summed E-state index contributed by atoms with van der Waals surface area (Å²) in [5.41, 5.74) is 0. The highest BCUT2D eigenvalue weighted by atomic mass is 16.5. The molecule has 2 atom stereocenters. The maximum absolute atomic E-state index is 11.9. The zero-order valence-corrected chi connectivity index (χ0v) is 11.0. The fourth-order valence-electron chi connectivity index (χ4n) is 1.98. The molecule has 5 heteroatoms. The smallest absolute Gasteiger partial charge is 0.328 e. The predicted molar refractivity (Wildman–Crippen MR) is 65.8 cm³/mol. The van der Waals surface area contributed by atoms with Crippen LogP contribution in [0, 0.1) is 5.92 Å². The van der Waals surface area contributed by atoms with Crippen molar-refractivity contribution in [2.45, 2.75) is 52.0 Å². The molecule has 0 radical (unpaired) electrons. The monoisotopic (exact) mass is 255 g/mol. The van der Waals surface area contributed by atoms with Crippen LogP contribution >= 0.6 is 0 Å². The van der Waals surface area contributed by atoms with Crippen LogP contribution < -0.4 is 5.32 Å². The molecule has 1 saturated heterocycles. The second kappa shape index (κ2) is 7.13. The van der Waals surface area contributed by atoms with Crippen LogP contribution in [0.2, 0.25) is 0 Å². The van der Waals surface area contributed by atoms with Crippen LogP contribution in [0.25, 0.3) is 0 Å². The molecule has 1 heterocycles. The van der Waals surface area contributed by atoms with Crippen LogP contribution in [0.15, 0.2) is 0 Å². The molecule has 1 aliphatic rings. The van der Waals surface area contributed by atoms with Crippen molar-refractivity contribution in [3.8, 4) is 0 Å². The molecule has 0 bridgehead atoms. The fourth-order valence-corrected chi connectivity index (χ4v) is 1.98. The molecule has 0 aromatic rings. The van der Waals surface area contributed by atoms with Crippen LogP contribution in [-0.4, -0.2) is 30.3 Å². The summed E-state index contributed by atoms with van der Waals surface area (Å²) in [7, 11) is 0. The van der Waals surface area contributed by atoms with Crippen LogP contribution in [0.4, 0.5) is 0 Å². The Morgan fingerprint density at radius 3 is 2.67 bits per heavy atom. The number of carbonyl (C=O) groups excluding carboxylic acids is 3. The molecule has 1 fully saturated rings. The lowest BCUT2D eigenvalue weighted by Gasteiger charge is -2.15. The number of nitrogens with one attached hydrogen (secondary N) is 1. The van der Waals surface area contributed by atoms with Gasteiger partial charge < -0.3 is 10.1 Å². The Bertz CT molecular complexity index is 327. The van der Waals surface area contributed by atoms with Crippen molar-refractivity contribution in [3.05, 3.63) is 0 Å². The highest BCUT2D eigenvalue weighted by molar-refractivity contribution is 6.02. The van der Waals surface area contributed by atoms with E-state index in [-0.39, 0.29) is 11.7 Å². The van der Waals surface area contributed by atoms with E-state index >= 15 is 0 Å². The second-order valence-electron chi connectivity index (χ2n) is 4.55. The third kappa shape index (κ3) is 3.82. The summed E-state index contributed by atoms with van der Waals surface area (Å²) in [5, 5.41) is 2.60. The summed E-state index contributed by atoms with van der Waals surface area (Å²) in [5.74, 6) is -1.42. The molecule has 0 aromatic carbocycles. The number of Topliss-reactive ketones (excluding diaryl/α,β-unsaturated/α-hetero) is 1. The van der Waals surface area contributed by atoms with E-state index in [1.165, 1.54) is 0 Å². The van der Waals surface area contributed by atoms with Gasteiger partial charge in [0.2, 0.25) is 5.91 Å². The first-order valence-corrected chi connectivity index (χ1v) is 6.59. The van der Waals surface area contributed by atoms with Gasteiger partial charge in [-0.05, 0) is 12.8 Å². The first-order valence-electron chi connectivity index (χ1n) is 6.59. The number of rotatable bonds is 7. The fraction of sp³-hybridized carbons (Fsp3) is 0.769. The molecule has 0 aromatic heterocycles. The van der Waals surface area contributed by atoms with Crippen LogP contribution in [0.1, 0.15) is 46.0 Å². The van der Waals surface area contributed by atoms with Gasteiger partial charge in [-0.1, -0.05) is 20.3 Å². The quantitative estimate of drug-likeness (QED) is 0.548. The molecule has 0 saturated carbocycles. The molecule has 18 heavy (non-hydrogen) atoms. The standard InChI is InChI=1S/C13H21NO4/c1-3-5-6-11(15)9(4-2)12(16)14-10-7-8-18-13(10)17/h9-10H,3-8H2,1-2H3,(H,14,16). The first-order chi connectivity index (χ1) is 8.60. The van der Waals surface area contributed by atoms with Crippen molar-refractivity contribution in [1.82, 2.24) is 5.32 Å². The van der Waals surface area contributed by atoms with Gasteiger partial charge in [0, 0.05) is 12.8 Å². The summed E-state index contributed by atoms with van der Waals surface area (Å²) in [4.78, 5) is 35.0. The summed E-state index contributed by atoms with van der Waals surface area (Å²) in [6.45, 7) is 4.15. The molecule has 102 valence electrons. The molecule has 1 N–H and O–H groups in total. The van der Waals surface area contributed by atoms with E-state index in [2.05, 4.69) is 5.32 Å². The molecule has 2 unspecified atom stereocenters. The number of esters is 1. The number of carbonyl (C=O) groups is 3. The summed E-state index contributed by atoms with van der Waals surface area (Å²) in [6, 6.07) is -0.578.